The third-order valence-electron chi connectivity index (χ3n) is 2.06. The maximum absolute atomic E-state index is 13.5. The first-order valence-electron chi connectivity index (χ1n) is 5.01. The van der Waals surface area contributed by atoms with Crippen molar-refractivity contribution in [2.75, 3.05) is 6.61 Å². The van der Waals surface area contributed by atoms with Crippen LogP contribution in [0.15, 0.2) is 36.7 Å². The van der Waals surface area contributed by atoms with Gasteiger partial charge >= 0.3 is 0 Å². The second-order valence-corrected chi connectivity index (χ2v) is 3.15. The standard InChI is InChI=1S/C12H11FN2O/c1-2-16-11-8-9(5-7-14-11)12-10(13)4-3-6-15-12/h3-8H,2H2,1H3. The lowest BCUT2D eigenvalue weighted by Gasteiger charge is -2.05. The molecule has 0 fully saturated rings. The molecule has 0 amide bonds. The van der Waals surface area contributed by atoms with E-state index in [1.807, 2.05) is 6.92 Å². The van der Waals surface area contributed by atoms with Crippen molar-refractivity contribution in [2.45, 2.75) is 6.92 Å². The zero-order valence-electron chi connectivity index (χ0n) is 8.85. The van der Waals surface area contributed by atoms with Crippen LogP contribution in [0, 0.1) is 5.82 Å². The Morgan fingerprint density at radius 2 is 2.12 bits per heavy atom. The fourth-order valence-electron chi connectivity index (χ4n) is 1.38. The molecule has 2 aromatic rings. The van der Waals surface area contributed by atoms with E-state index in [-0.39, 0.29) is 5.82 Å². The van der Waals surface area contributed by atoms with Gasteiger partial charge in [0.1, 0.15) is 11.5 Å². The van der Waals surface area contributed by atoms with Gasteiger partial charge in [0.05, 0.1) is 6.61 Å². The topological polar surface area (TPSA) is 35.0 Å². The predicted molar refractivity (Wildman–Crippen MR) is 58.6 cm³/mol. The number of nitrogens with zero attached hydrogens (tertiary/aromatic N) is 2. The largest absolute Gasteiger partial charge is 0.478 e. The molecule has 0 unspecified atom stereocenters. The maximum Gasteiger partial charge on any atom is 0.213 e. The Hall–Kier alpha value is -1.97. The zero-order valence-corrected chi connectivity index (χ0v) is 8.85. The third-order valence-corrected chi connectivity index (χ3v) is 2.06. The summed E-state index contributed by atoms with van der Waals surface area (Å²) < 4.78 is 18.7. The molecule has 0 radical (unpaired) electrons. The Labute approximate surface area is 92.9 Å². The lowest BCUT2D eigenvalue weighted by atomic mass is 10.2. The van der Waals surface area contributed by atoms with E-state index in [4.69, 9.17) is 4.74 Å². The smallest absolute Gasteiger partial charge is 0.213 e. The second kappa shape index (κ2) is 4.70. The molecule has 4 heteroatoms. The molecule has 82 valence electrons. The minimum absolute atomic E-state index is 0.311. The minimum atomic E-state index is -0.351. The first-order chi connectivity index (χ1) is 7.81. The van der Waals surface area contributed by atoms with E-state index in [1.165, 1.54) is 6.07 Å². The highest BCUT2D eigenvalue weighted by Crippen LogP contribution is 2.22. The van der Waals surface area contributed by atoms with Crippen LogP contribution in [-0.4, -0.2) is 16.6 Å². The monoisotopic (exact) mass is 218 g/mol. The summed E-state index contributed by atoms with van der Waals surface area (Å²) in [6, 6.07) is 6.31. The predicted octanol–water partition coefficient (Wildman–Crippen LogP) is 2.68. The second-order valence-electron chi connectivity index (χ2n) is 3.15. The highest BCUT2D eigenvalue weighted by Gasteiger charge is 2.06. The Morgan fingerprint density at radius 1 is 1.25 bits per heavy atom. The van der Waals surface area contributed by atoms with E-state index in [1.54, 1.807) is 30.6 Å². The van der Waals surface area contributed by atoms with Gasteiger partial charge in [0.15, 0.2) is 0 Å². The summed E-state index contributed by atoms with van der Waals surface area (Å²) in [4.78, 5) is 8.00. The molecule has 0 aliphatic heterocycles. The Kier molecular flexibility index (Phi) is 3.10. The molecule has 0 N–H and O–H groups in total. The summed E-state index contributed by atoms with van der Waals surface area (Å²) in [7, 11) is 0. The van der Waals surface area contributed by atoms with Gasteiger partial charge in [-0.1, -0.05) is 0 Å². The number of aromatic nitrogens is 2. The van der Waals surface area contributed by atoms with Crippen molar-refractivity contribution in [3.8, 4) is 17.1 Å². The van der Waals surface area contributed by atoms with Crippen molar-refractivity contribution in [1.29, 1.82) is 0 Å². The molecular formula is C12H11FN2O. The summed E-state index contributed by atoms with van der Waals surface area (Å²) >= 11 is 0. The van der Waals surface area contributed by atoms with Crippen LogP contribution in [0.3, 0.4) is 0 Å². The molecule has 0 spiro atoms. The van der Waals surface area contributed by atoms with Gasteiger partial charge in [-0.3, -0.25) is 4.98 Å². The Balaban J connectivity index is 2.40. The average Bonchev–Trinajstić information content (AvgIpc) is 2.30. The Morgan fingerprint density at radius 3 is 2.88 bits per heavy atom. The summed E-state index contributed by atoms with van der Waals surface area (Å²) in [5.74, 6) is 0.126. The van der Waals surface area contributed by atoms with Crippen LogP contribution in [0.2, 0.25) is 0 Å². The molecule has 0 bridgehead atoms. The molecule has 0 saturated heterocycles. The van der Waals surface area contributed by atoms with E-state index >= 15 is 0 Å². The number of rotatable bonds is 3. The summed E-state index contributed by atoms with van der Waals surface area (Å²) in [5, 5.41) is 0. The Bertz CT molecular complexity index is 488. The van der Waals surface area contributed by atoms with Gasteiger partial charge in [-0.2, -0.15) is 0 Å². The van der Waals surface area contributed by atoms with Crippen molar-refractivity contribution in [1.82, 2.24) is 9.97 Å². The van der Waals surface area contributed by atoms with Gasteiger partial charge in [0.2, 0.25) is 5.88 Å². The molecule has 0 atom stereocenters. The van der Waals surface area contributed by atoms with Gasteiger partial charge in [-0.15, -0.1) is 0 Å². The molecule has 0 aliphatic rings. The van der Waals surface area contributed by atoms with Crippen LogP contribution in [0.5, 0.6) is 5.88 Å². The van der Waals surface area contributed by atoms with Crippen molar-refractivity contribution in [3.63, 3.8) is 0 Å². The minimum Gasteiger partial charge on any atom is -0.478 e. The molecule has 2 rings (SSSR count). The van der Waals surface area contributed by atoms with Crippen molar-refractivity contribution in [3.05, 3.63) is 42.5 Å². The van der Waals surface area contributed by atoms with Gasteiger partial charge in [0.25, 0.3) is 0 Å². The highest BCUT2D eigenvalue weighted by atomic mass is 19.1. The third kappa shape index (κ3) is 2.16. The fraction of sp³-hybridized carbons (Fsp3) is 0.167. The molecule has 16 heavy (non-hydrogen) atoms. The van der Waals surface area contributed by atoms with Crippen LogP contribution in [-0.2, 0) is 0 Å². The lowest BCUT2D eigenvalue weighted by molar-refractivity contribution is 0.327. The molecule has 0 aliphatic carbocycles. The van der Waals surface area contributed by atoms with Crippen LogP contribution in [0.1, 0.15) is 6.92 Å². The number of hydrogen-bond donors (Lipinski definition) is 0. The molecule has 2 aromatic heterocycles. The quantitative estimate of drug-likeness (QED) is 0.794. The van der Waals surface area contributed by atoms with Gasteiger partial charge < -0.3 is 4.74 Å². The van der Waals surface area contributed by atoms with Crippen LogP contribution < -0.4 is 4.74 Å². The van der Waals surface area contributed by atoms with E-state index in [2.05, 4.69) is 9.97 Å². The SMILES string of the molecule is CCOc1cc(-c2ncccc2F)ccn1. The van der Waals surface area contributed by atoms with E-state index in [9.17, 15) is 4.39 Å². The zero-order chi connectivity index (χ0) is 11.4. The van der Waals surface area contributed by atoms with Crippen LogP contribution in [0.4, 0.5) is 4.39 Å². The van der Waals surface area contributed by atoms with Crippen molar-refractivity contribution in [2.24, 2.45) is 0 Å². The number of ether oxygens (including phenoxy) is 1. The highest BCUT2D eigenvalue weighted by molar-refractivity contribution is 5.60. The van der Waals surface area contributed by atoms with Crippen molar-refractivity contribution < 1.29 is 9.13 Å². The molecular weight excluding hydrogens is 207 g/mol. The van der Waals surface area contributed by atoms with E-state index < -0.39 is 0 Å². The first kappa shape index (κ1) is 10.5. The number of pyridine rings is 2. The number of halogens is 1. The molecule has 0 aromatic carbocycles. The van der Waals surface area contributed by atoms with E-state index in [0.29, 0.717) is 23.7 Å². The van der Waals surface area contributed by atoms with Crippen LogP contribution in [0.25, 0.3) is 11.3 Å². The first-order valence-corrected chi connectivity index (χ1v) is 5.01. The maximum atomic E-state index is 13.5. The van der Waals surface area contributed by atoms with Crippen molar-refractivity contribution >= 4 is 0 Å². The number of hydrogen-bond acceptors (Lipinski definition) is 3. The molecule has 0 saturated carbocycles. The molecule has 3 nitrogen and oxygen atoms in total. The summed E-state index contributed by atoms with van der Waals surface area (Å²) in [6.45, 7) is 2.40. The van der Waals surface area contributed by atoms with Gasteiger partial charge in [-0.25, -0.2) is 9.37 Å². The average molecular weight is 218 g/mol. The summed E-state index contributed by atoms with van der Waals surface area (Å²) in [5.41, 5.74) is 0.974. The normalized spacial score (nSPS) is 10.1. The van der Waals surface area contributed by atoms with Crippen LogP contribution >= 0.6 is 0 Å². The van der Waals surface area contributed by atoms with E-state index in [0.717, 1.165) is 0 Å². The van der Waals surface area contributed by atoms with Gasteiger partial charge in [-0.05, 0) is 25.1 Å². The van der Waals surface area contributed by atoms with Gasteiger partial charge in [0, 0.05) is 24.0 Å². The molecule has 2 heterocycles. The fourth-order valence-corrected chi connectivity index (χ4v) is 1.38. The summed E-state index contributed by atoms with van der Waals surface area (Å²) in [6.07, 6.45) is 3.13. The lowest BCUT2D eigenvalue weighted by Crippen LogP contribution is -1.95.